The first-order chi connectivity index (χ1) is 14.3. The van der Waals surface area contributed by atoms with E-state index in [4.69, 9.17) is 4.99 Å². The Morgan fingerprint density at radius 3 is 2.57 bits per heavy atom. The molecule has 1 aliphatic heterocycles. The Kier molecular flexibility index (Phi) is 11.4. The zero-order valence-electron chi connectivity index (χ0n) is 18.2. The van der Waals surface area contributed by atoms with Crippen molar-refractivity contribution in [3.63, 3.8) is 0 Å². The van der Waals surface area contributed by atoms with Crippen LogP contribution in [0.15, 0.2) is 52.8 Å². The Bertz CT molecular complexity index is 714. The number of para-hydroxylation sites is 1. The number of benzene rings is 1. The average Bonchev–Trinajstić information content (AvgIpc) is 3.29. The molecule has 0 radical (unpaired) electrons. The zero-order chi connectivity index (χ0) is 20.3. The van der Waals surface area contributed by atoms with Gasteiger partial charge in [0, 0.05) is 51.5 Å². The first-order valence-corrected chi connectivity index (χ1v) is 11.7. The van der Waals surface area contributed by atoms with Crippen LogP contribution >= 0.6 is 35.3 Å². The molecule has 1 saturated heterocycles. The van der Waals surface area contributed by atoms with E-state index in [1.807, 2.05) is 11.3 Å². The Labute approximate surface area is 203 Å². The molecule has 30 heavy (non-hydrogen) atoms. The summed E-state index contributed by atoms with van der Waals surface area (Å²) in [5.74, 6) is 0.971. The van der Waals surface area contributed by atoms with Gasteiger partial charge in [0.25, 0.3) is 0 Å². The first kappa shape index (κ1) is 24.8. The molecule has 0 bridgehead atoms. The molecular weight excluding hydrogens is 505 g/mol. The molecule has 1 aliphatic rings. The fourth-order valence-electron chi connectivity index (χ4n) is 3.67. The first-order valence-electron chi connectivity index (χ1n) is 10.9. The molecule has 0 atom stereocenters. The lowest BCUT2D eigenvalue weighted by Gasteiger charge is -2.33. The van der Waals surface area contributed by atoms with Crippen molar-refractivity contribution in [2.45, 2.75) is 38.6 Å². The van der Waals surface area contributed by atoms with Crippen LogP contribution in [0.1, 0.15) is 32.6 Å². The number of nitrogens with one attached hydrogen (secondary N) is 2. The topological polar surface area (TPSA) is 42.9 Å². The number of aliphatic imine (C=N–C) groups is 1. The molecule has 0 spiro atoms. The van der Waals surface area contributed by atoms with E-state index in [-0.39, 0.29) is 24.0 Å². The molecule has 0 amide bonds. The molecular formula is C23H36IN5S. The van der Waals surface area contributed by atoms with Crippen LogP contribution in [0.3, 0.4) is 0 Å². The summed E-state index contributed by atoms with van der Waals surface area (Å²) in [6.07, 6.45) is 4.56. The largest absolute Gasteiger partial charge is 0.375 e. The Balaban J connectivity index is 0.00000320. The van der Waals surface area contributed by atoms with Gasteiger partial charge in [0.2, 0.25) is 0 Å². The number of hydrogen-bond acceptors (Lipinski definition) is 4. The molecule has 166 valence electrons. The number of guanidine groups is 1. The maximum atomic E-state index is 4.81. The van der Waals surface area contributed by atoms with Gasteiger partial charge in [-0.25, -0.2) is 0 Å². The zero-order valence-corrected chi connectivity index (χ0v) is 21.4. The van der Waals surface area contributed by atoms with Gasteiger partial charge in [0.1, 0.15) is 0 Å². The monoisotopic (exact) mass is 541 g/mol. The molecule has 1 aromatic carbocycles. The SMILES string of the molecule is CCNC(=NCCCCN(C)c1ccccc1)NC1CCN(c2cccs2)CC1.I. The third-order valence-electron chi connectivity index (χ3n) is 5.37. The second kappa shape index (κ2) is 13.7. The smallest absolute Gasteiger partial charge is 0.191 e. The predicted octanol–water partition coefficient (Wildman–Crippen LogP) is 4.81. The van der Waals surface area contributed by atoms with E-state index in [1.54, 1.807) is 0 Å². The predicted molar refractivity (Wildman–Crippen MR) is 143 cm³/mol. The lowest BCUT2D eigenvalue weighted by atomic mass is 10.1. The van der Waals surface area contributed by atoms with E-state index < -0.39 is 0 Å². The van der Waals surface area contributed by atoms with Gasteiger partial charge in [0.05, 0.1) is 5.00 Å². The molecule has 1 fully saturated rings. The molecule has 2 N–H and O–H groups in total. The fraction of sp³-hybridized carbons (Fsp3) is 0.522. The van der Waals surface area contributed by atoms with Gasteiger partial charge in [-0.3, -0.25) is 4.99 Å². The number of thiophene rings is 1. The quantitative estimate of drug-likeness (QED) is 0.207. The molecule has 5 nitrogen and oxygen atoms in total. The van der Waals surface area contributed by atoms with Crippen LogP contribution in [-0.2, 0) is 0 Å². The molecule has 0 aliphatic carbocycles. The summed E-state index contributed by atoms with van der Waals surface area (Å²) in [6.45, 7) is 7.19. The number of anilines is 2. The third kappa shape index (κ3) is 7.98. The molecule has 2 aromatic rings. The van der Waals surface area contributed by atoms with Crippen molar-refractivity contribution >= 4 is 52.0 Å². The summed E-state index contributed by atoms with van der Waals surface area (Å²) in [6, 6.07) is 15.4. The van der Waals surface area contributed by atoms with Crippen molar-refractivity contribution in [3.8, 4) is 0 Å². The summed E-state index contributed by atoms with van der Waals surface area (Å²) >= 11 is 1.83. The minimum Gasteiger partial charge on any atom is -0.375 e. The highest BCUT2D eigenvalue weighted by molar-refractivity contribution is 14.0. The van der Waals surface area contributed by atoms with Crippen molar-refractivity contribution in [2.24, 2.45) is 4.99 Å². The van der Waals surface area contributed by atoms with E-state index in [1.165, 1.54) is 10.7 Å². The molecule has 7 heteroatoms. The minimum atomic E-state index is 0. The second-order valence-electron chi connectivity index (χ2n) is 7.58. The van der Waals surface area contributed by atoms with Crippen LogP contribution in [-0.4, -0.2) is 51.8 Å². The number of halogens is 1. The molecule has 1 aromatic heterocycles. The molecule has 2 heterocycles. The third-order valence-corrected chi connectivity index (χ3v) is 6.30. The van der Waals surface area contributed by atoms with Crippen molar-refractivity contribution in [3.05, 3.63) is 47.8 Å². The van der Waals surface area contributed by atoms with Gasteiger partial charge in [-0.05, 0) is 62.3 Å². The van der Waals surface area contributed by atoms with Crippen LogP contribution in [0.5, 0.6) is 0 Å². The lowest BCUT2D eigenvalue weighted by Crippen LogP contribution is -2.48. The minimum absolute atomic E-state index is 0. The Morgan fingerprint density at radius 1 is 1.13 bits per heavy atom. The van der Waals surface area contributed by atoms with E-state index in [9.17, 15) is 0 Å². The summed E-state index contributed by atoms with van der Waals surface area (Å²) < 4.78 is 0. The standard InChI is InChI=1S/C23H35N5S.HI/c1-3-24-23(25-15-7-8-16-27(2)21-10-5-4-6-11-21)26-20-13-17-28(18-14-20)22-12-9-19-29-22;/h4-6,9-12,19-20H,3,7-8,13-18H2,1-2H3,(H2,24,25,26);1H. The van der Waals surface area contributed by atoms with Crippen molar-refractivity contribution in [2.75, 3.05) is 49.6 Å². The van der Waals surface area contributed by atoms with Gasteiger partial charge >= 0.3 is 0 Å². The Hall–Kier alpha value is -1.48. The number of nitrogens with zero attached hydrogens (tertiary/aromatic N) is 3. The maximum absolute atomic E-state index is 4.81. The highest BCUT2D eigenvalue weighted by Gasteiger charge is 2.20. The molecule has 0 saturated carbocycles. The summed E-state index contributed by atoms with van der Waals surface area (Å²) in [4.78, 5) is 9.62. The lowest BCUT2D eigenvalue weighted by molar-refractivity contribution is 0.462. The van der Waals surface area contributed by atoms with Crippen LogP contribution in [0.25, 0.3) is 0 Å². The number of hydrogen-bond donors (Lipinski definition) is 2. The van der Waals surface area contributed by atoms with E-state index in [0.29, 0.717) is 6.04 Å². The van der Waals surface area contributed by atoms with Gasteiger partial charge in [0.15, 0.2) is 5.96 Å². The number of rotatable bonds is 9. The molecule has 3 rings (SSSR count). The van der Waals surface area contributed by atoms with Crippen LogP contribution in [0.4, 0.5) is 10.7 Å². The van der Waals surface area contributed by atoms with E-state index >= 15 is 0 Å². The fourth-order valence-corrected chi connectivity index (χ4v) is 4.46. The van der Waals surface area contributed by atoms with Crippen LogP contribution in [0.2, 0.25) is 0 Å². The summed E-state index contributed by atoms with van der Waals surface area (Å²) in [5.41, 5.74) is 1.28. The van der Waals surface area contributed by atoms with E-state index in [2.05, 4.69) is 82.2 Å². The van der Waals surface area contributed by atoms with Crippen LogP contribution < -0.4 is 20.4 Å². The maximum Gasteiger partial charge on any atom is 0.191 e. The van der Waals surface area contributed by atoms with Gasteiger partial charge in [-0.1, -0.05) is 18.2 Å². The highest BCUT2D eigenvalue weighted by atomic mass is 127. The summed E-state index contributed by atoms with van der Waals surface area (Å²) in [7, 11) is 2.16. The number of unbranched alkanes of at least 4 members (excludes halogenated alkanes) is 1. The van der Waals surface area contributed by atoms with Crippen LogP contribution in [0, 0.1) is 0 Å². The Morgan fingerprint density at radius 2 is 1.90 bits per heavy atom. The van der Waals surface area contributed by atoms with E-state index in [0.717, 1.165) is 64.4 Å². The van der Waals surface area contributed by atoms with Crippen molar-refractivity contribution < 1.29 is 0 Å². The van der Waals surface area contributed by atoms with Crippen molar-refractivity contribution in [1.29, 1.82) is 0 Å². The van der Waals surface area contributed by atoms with Gasteiger partial charge in [-0.15, -0.1) is 35.3 Å². The average molecular weight is 542 g/mol. The normalized spacial score (nSPS) is 14.9. The van der Waals surface area contributed by atoms with Gasteiger partial charge < -0.3 is 20.4 Å². The summed E-state index contributed by atoms with van der Waals surface area (Å²) in [5, 5.41) is 10.6. The van der Waals surface area contributed by atoms with Crippen molar-refractivity contribution in [1.82, 2.24) is 10.6 Å². The number of piperidine rings is 1. The molecule has 0 unspecified atom stereocenters. The highest BCUT2D eigenvalue weighted by Crippen LogP contribution is 2.24. The van der Waals surface area contributed by atoms with Gasteiger partial charge in [-0.2, -0.15) is 0 Å². The second-order valence-corrected chi connectivity index (χ2v) is 8.51.